The summed E-state index contributed by atoms with van der Waals surface area (Å²) in [4.78, 5) is 46.3. The summed E-state index contributed by atoms with van der Waals surface area (Å²) in [6.07, 6.45) is 0. The van der Waals surface area contributed by atoms with E-state index in [-0.39, 0.29) is 5.56 Å². The Hall–Kier alpha value is -2.90. The third-order valence-corrected chi connectivity index (χ3v) is 2.59. The second-order valence-corrected chi connectivity index (χ2v) is 3.73. The fourth-order valence-electron chi connectivity index (χ4n) is 1.63. The lowest BCUT2D eigenvalue weighted by Gasteiger charge is -2.12. The zero-order chi connectivity index (χ0) is 16.2. The van der Waals surface area contributed by atoms with Gasteiger partial charge in [0.1, 0.15) is 0 Å². The van der Waals surface area contributed by atoms with Gasteiger partial charge < -0.3 is 19.3 Å². The minimum Gasteiger partial charge on any atom is -0.478 e. The van der Waals surface area contributed by atoms with Crippen LogP contribution in [0.5, 0.6) is 0 Å². The predicted octanol–water partition coefficient (Wildman–Crippen LogP) is 0.745. The summed E-state index contributed by atoms with van der Waals surface area (Å²) in [6.45, 7) is 0. The fourth-order valence-corrected chi connectivity index (χ4v) is 1.63. The van der Waals surface area contributed by atoms with Gasteiger partial charge in [0, 0.05) is 0 Å². The van der Waals surface area contributed by atoms with Gasteiger partial charge >= 0.3 is 23.9 Å². The molecule has 8 heteroatoms. The molecule has 0 fully saturated rings. The molecule has 0 spiro atoms. The van der Waals surface area contributed by atoms with Crippen LogP contribution < -0.4 is 0 Å². The van der Waals surface area contributed by atoms with E-state index in [9.17, 15) is 19.2 Å². The van der Waals surface area contributed by atoms with E-state index < -0.39 is 40.6 Å². The number of carbonyl (C=O) groups excluding carboxylic acids is 3. The summed E-state index contributed by atoms with van der Waals surface area (Å²) in [5.41, 5.74) is -1.58. The van der Waals surface area contributed by atoms with Gasteiger partial charge in [-0.2, -0.15) is 0 Å². The number of esters is 3. The molecule has 0 unspecified atom stereocenters. The smallest absolute Gasteiger partial charge is 0.339 e. The van der Waals surface area contributed by atoms with Gasteiger partial charge in [-0.15, -0.1) is 0 Å². The Labute approximate surface area is 119 Å². The van der Waals surface area contributed by atoms with Crippen LogP contribution >= 0.6 is 0 Å². The number of carboxylic acids is 1. The van der Waals surface area contributed by atoms with Gasteiger partial charge in [0.05, 0.1) is 43.6 Å². The number of carbonyl (C=O) groups is 4. The molecule has 1 rings (SSSR count). The van der Waals surface area contributed by atoms with Crippen molar-refractivity contribution in [2.75, 3.05) is 21.3 Å². The van der Waals surface area contributed by atoms with Crippen LogP contribution in [0.15, 0.2) is 12.1 Å². The van der Waals surface area contributed by atoms with E-state index in [1.807, 2.05) is 0 Å². The number of ether oxygens (including phenoxy) is 3. The van der Waals surface area contributed by atoms with E-state index in [1.54, 1.807) is 0 Å². The molecule has 0 bridgehead atoms. The molecule has 0 aromatic heterocycles. The number of carboxylic acid groups (broad SMARTS) is 1. The normalized spacial score (nSPS) is 9.67. The first kappa shape index (κ1) is 16.2. The molecule has 0 saturated carbocycles. The van der Waals surface area contributed by atoms with Crippen LogP contribution in [0.4, 0.5) is 0 Å². The maximum absolute atomic E-state index is 11.8. The van der Waals surface area contributed by atoms with Gasteiger partial charge in [0.2, 0.25) is 0 Å². The van der Waals surface area contributed by atoms with Crippen LogP contribution in [0.25, 0.3) is 0 Å². The molecule has 1 aromatic rings. The van der Waals surface area contributed by atoms with E-state index in [0.717, 1.165) is 33.5 Å². The standard InChI is InChI=1S/C13H12O8/c1-19-11(16)7-4-6(10(14)15)5-8(12(17)20-2)9(7)13(18)21-3/h4-5H,1-3H3,(H,14,15). The van der Waals surface area contributed by atoms with Crippen molar-refractivity contribution in [3.8, 4) is 0 Å². The molecule has 1 aromatic carbocycles. The Balaban J connectivity index is 3.76. The average Bonchev–Trinajstić information content (AvgIpc) is 2.50. The number of aromatic carboxylic acids is 1. The van der Waals surface area contributed by atoms with Crippen molar-refractivity contribution in [1.29, 1.82) is 0 Å². The van der Waals surface area contributed by atoms with Crippen molar-refractivity contribution in [2.24, 2.45) is 0 Å². The Morgan fingerprint density at radius 3 is 1.48 bits per heavy atom. The molecular formula is C13H12O8. The Morgan fingerprint density at radius 1 is 0.810 bits per heavy atom. The van der Waals surface area contributed by atoms with Crippen molar-refractivity contribution >= 4 is 23.9 Å². The molecule has 0 amide bonds. The van der Waals surface area contributed by atoms with Gasteiger partial charge in [-0.25, -0.2) is 19.2 Å². The fraction of sp³-hybridized carbons (Fsp3) is 0.231. The third-order valence-electron chi connectivity index (χ3n) is 2.59. The summed E-state index contributed by atoms with van der Waals surface area (Å²) < 4.78 is 13.5. The Bertz CT molecular complexity index is 580. The van der Waals surface area contributed by atoms with Crippen molar-refractivity contribution < 1.29 is 38.5 Å². The highest BCUT2D eigenvalue weighted by Crippen LogP contribution is 2.21. The second-order valence-electron chi connectivity index (χ2n) is 3.73. The lowest BCUT2D eigenvalue weighted by atomic mass is 9.97. The third kappa shape index (κ3) is 3.16. The maximum Gasteiger partial charge on any atom is 0.339 e. The van der Waals surface area contributed by atoms with Crippen molar-refractivity contribution in [3.63, 3.8) is 0 Å². The van der Waals surface area contributed by atoms with E-state index in [2.05, 4.69) is 14.2 Å². The first-order valence-electron chi connectivity index (χ1n) is 5.53. The Morgan fingerprint density at radius 2 is 1.19 bits per heavy atom. The summed E-state index contributed by atoms with van der Waals surface area (Å²) in [7, 11) is 3.15. The molecule has 1 N–H and O–H groups in total. The molecule has 0 saturated heterocycles. The molecule has 0 heterocycles. The summed E-state index contributed by atoms with van der Waals surface area (Å²) in [6, 6.07) is 1.85. The van der Waals surface area contributed by atoms with Crippen molar-refractivity contribution in [1.82, 2.24) is 0 Å². The van der Waals surface area contributed by atoms with Crippen LogP contribution in [0.2, 0.25) is 0 Å². The van der Waals surface area contributed by atoms with E-state index >= 15 is 0 Å². The van der Waals surface area contributed by atoms with Crippen molar-refractivity contribution in [2.45, 2.75) is 0 Å². The molecule has 0 radical (unpaired) electrons. The zero-order valence-corrected chi connectivity index (χ0v) is 11.5. The lowest BCUT2D eigenvalue weighted by Crippen LogP contribution is -2.19. The summed E-state index contributed by atoms with van der Waals surface area (Å²) in [5.74, 6) is -4.35. The number of methoxy groups -OCH3 is 3. The van der Waals surface area contributed by atoms with Gasteiger partial charge in [-0.05, 0) is 12.1 Å². The van der Waals surface area contributed by atoms with Gasteiger partial charge in [0.25, 0.3) is 0 Å². The van der Waals surface area contributed by atoms with Crippen LogP contribution in [0.1, 0.15) is 41.4 Å². The van der Waals surface area contributed by atoms with E-state index in [4.69, 9.17) is 5.11 Å². The molecule has 112 valence electrons. The first-order valence-corrected chi connectivity index (χ1v) is 5.53. The number of benzene rings is 1. The van der Waals surface area contributed by atoms with Gasteiger partial charge in [-0.1, -0.05) is 0 Å². The minimum absolute atomic E-state index is 0.372. The first-order chi connectivity index (χ1) is 9.87. The molecule has 0 atom stereocenters. The van der Waals surface area contributed by atoms with E-state index in [0.29, 0.717) is 0 Å². The number of hydrogen-bond donors (Lipinski definition) is 1. The van der Waals surface area contributed by atoms with Gasteiger partial charge in [0.15, 0.2) is 0 Å². The predicted molar refractivity (Wildman–Crippen MR) is 67.4 cm³/mol. The molecular weight excluding hydrogens is 284 g/mol. The highest BCUT2D eigenvalue weighted by Gasteiger charge is 2.28. The number of rotatable bonds is 4. The molecule has 0 aliphatic heterocycles. The van der Waals surface area contributed by atoms with E-state index in [1.165, 1.54) is 0 Å². The highest BCUT2D eigenvalue weighted by molar-refractivity contribution is 6.12. The van der Waals surface area contributed by atoms with Gasteiger partial charge in [-0.3, -0.25) is 0 Å². The Kier molecular flexibility index (Phi) is 5.01. The topological polar surface area (TPSA) is 116 Å². The molecule has 21 heavy (non-hydrogen) atoms. The summed E-state index contributed by atoms with van der Waals surface area (Å²) in [5, 5.41) is 9.01. The quantitative estimate of drug-likeness (QED) is 0.639. The van der Waals surface area contributed by atoms with Crippen molar-refractivity contribution in [3.05, 3.63) is 34.4 Å². The average molecular weight is 296 g/mol. The number of hydrogen-bond acceptors (Lipinski definition) is 7. The lowest BCUT2D eigenvalue weighted by molar-refractivity contribution is 0.0535. The van der Waals surface area contributed by atoms with Crippen LogP contribution in [-0.4, -0.2) is 50.3 Å². The molecule has 8 nitrogen and oxygen atoms in total. The van der Waals surface area contributed by atoms with Crippen LogP contribution in [-0.2, 0) is 14.2 Å². The molecule has 0 aliphatic carbocycles. The van der Waals surface area contributed by atoms with Crippen LogP contribution in [0.3, 0.4) is 0 Å². The summed E-state index contributed by atoms with van der Waals surface area (Å²) >= 11 is 0. The van der Waals surface area contributed by atoms with Crippen LogP contribution in [0, 0.1) is 0 Å². The second kappa shape index (κ2) is 6.51. The zero-order valence-electron chi connectivity index (χ0n) is 11.5. The molecule has 0 aliphatic rings. The highest BCUT2D eigenvalue weighted by atomic mass is 16.5. The maximum atomic E-state index is 11.8. The monoisotopic (exact) mass is 296 g/mol. The minimum atomic E-state index is -1.39. The SMILES string of the molecule is COC(=O)c1cc(C(=O)O)cc(C(=O)OC)c1C(=O)OC. The largest absolute Gasteiger partial charge is 0.478 e.